The van der Waals surface area contributed by atoms with Crippen molar-refractivity contribution < 1.29 is 0 Å². The van der Waals surface area contributed by atoms with Gasteiger partial charge in [-0.2, -0.15) is 0 Å². The molecule has 0 saturated carbocycles. The van der Waals surface area contributed by atoms with Crippen molar-refractivity contribution in [2.45, 2.75) is 0 Å². The number of hydrogen-bond donors (Lipinski definition) is 2. The van der Waals surface area contributed by atoms with Gasteiger partial charge < -0.3 is 9.97 Å². The molecule has 6 nitrogen and oxygen atoms in total. The van der Waals surface area contributed by atoms with Crippen LogP contribution < -0.4 is 11.4 Å². The summed E-state index contributed by atoms with van der Waals surface area (Å²) in [5.74, 6) is 0. The van der Waals surface area contributed by atoms with Gasteiger partial charge in [-0.15, -0.1) is 0 Å². The van der Waals surface area contributed by atoms with Crippen molar-refractivity contribution >= 4 is 10.9 Å². The van der Waals surface area contributed by atoms with Gasteiger partial charge in [0.1, 0.15) is 0 Å². The lowest BCUT2D eigenvalue weighted by Gasteiger charge is -1.92. The van der Waals surface area contributed by atoms with Crippen LogP contribution in [0.1, 0.15) is 0 Å². The third kappa shape index (κ3) is 3.11. The van der Waals surface area contributed by atoms with Crippen LogP contribution in [0.3, 0.4) is 0 Å². The molecule has 0 spiro atoms. The fourth-order valence-electron chi connectivity index (χ4n) is 1.31. The summed E-state index contributed by atoms with van der Waals surface area (Å²) in [6, 6.07) is 9.18. The third-order valence-electron chi connectivity index (χ3n) is 2.10. The number of nitrogens with one attached hydrogen (secondary N) is 2. The summed E-state index contributed by atoms with van der Waals surface area (Å²) in [7, 11) is 0. The molecule has 3 aromatic rings. The van der Waals surface area contributed by atoms with Crippen LogP contribution in [-0.4, -0.2) is 19.9 Å². The van der Waals surface area contributed by atoms with Crippen LogP contribution in [0.5, 0.6) is 0 Å². The largest absolute Gasteiger partial charge is 0.345 e. The monoisotopic (exact) mass is 242 g/mol. The molecule has 0 amide bonds. The Labute approximate surface area is 101 Å². The molecule has 2 heterocycles. The number of nitrogens with zero attached hydrogens (tertiary/aromatic N) is 2. The molecule has 2 aromatic heterocycles. The smallest absolute Gasteiger partial charge is 0.313 e. The van der Waals surface area contributed by atoms with Crippen LogP contribution in [0.2, 0.25) is 0 Å². The molecule has 0 radical (unpaired) electrons. The van der Waals surface area contributed by atoms with E-state index in [0.717, 1.165) is 10.9 Å². The zero-order valence-electron chi connectivity index (χ0n) is 9.33. The van der Waals surface area contributed by atoms with E-state index in [0.29, 0.717) is 0 Å². The van der Waals surface area contributed by atoms with Crippen molar-refractivity contribution in [3.63, 3.8) is 0 Å². The Bertz CT molecular complexity index is 731. The molecule has 90 valence electrons. The Balaban J connectivity index is 0.000000149. The number of hydrogen-bond acceptors (Lipinski definition) is 4. The van der Waals surface area contributed by atoms with Gasteiger partial charge in [-0.25, -0.2) is 19.6 Å². The highest BCUT2D eigenvalue weighted by Gasteiger charge is 1.90. The topological polar surface area (TPSA) is 91.5 Å². The number of para-hydroxylation sites is 1. The Morgan fingerprint density at radius 1 is 0.944 bits per heavy atom. The number of rotatable bonds is 0. The van der Waals surface area contributed by atoms with E-state index < -0.39 is 0 Å². The first-order chi connectivity index (χ1) is 8.75. The Morgan fingerprint density at radius 3 is 2.44 bits per heavy atom. The van der Waals surface area contributed by atoms with Crippen molar-refractivity contribution in [2.75, 3.05) is 0 Å². The molecule has 0 saturated heterocycles. The highest BCUT2D eigenvalue weighted by Crippen LogP contribution is 2.05. The molecule has 6 heteroatoms. The van der Waals surface area contributed by atoms with E-state index in [4.69, 9.17) is 0 Å². The van der Waals surface area contributed by atoms with Crippen LogP contribution in [0.25, 0.3) is 10.9 Å². The Hall–Kier alpha value is -2.76. The van der Waals surface area contributed by atoms with Crippen molar-refractivity contribution in [2.24, 2.45) is 0 Å². The van der Waals surface area contributed by atoms with E-state index in [-0.39, 0.29) is 11.4 Å². The Morgan fingerprint density at radius 2 is 1.78 bits per heavy atom. The normalized spacial score (nSPS) is 9.56. The molecule has 3 rings (SSSR count). The molecule has 0 aliphatic rings. The van der Waals surface area contributed by atoms with E-state index in [9.17, 15) is 9.59 Å². The van der Waals surface area contributed by atoms with Gasteiger partial charge in [0.2, 0.25) is 0 Å². The first-order valence-corrected chi connectivity index (χ1v) is 5.19. The van der Waals surface area contributed by atoms with Crippen LogP contribution >= 0.6 is 0 Å². The number of aromatic nitrogens is 4. The lowest BCUT2D eigenvalue weighted by molar-refractivity contribution is 1.08. The Kier molecular flexibility index (Phi) is 3.60. The third-order valence-corrected chi connectivity index (χ3v) is 2.10. The molecule has 0 aliphatic heterocycles. The summed E-state index contributed by atoms with van der Waals surface area (Å²) >= 11 is 0. The lowest BCUT2D eigenvalue weighted by atomic mass is 10.2. The first-order valence-electron chi connectivity index (χ1n) is 5.19. The second-order valence-electron chi connectivity index (χ2n) is 3.36. The van der Waals surface area contributed by atoms with Crippen molar-refractivity contribution in [3.05, 3.63) is 69.9 Å². The predicted molar refractivity (Wildman–Crippen MR) is 67.2 cm³/mol. The van der Waals surface area contributed by atoms with Gasteiger partial charge in [0.25, 0.3) is 0 Å². The molecule has 0 bridgehead atoms. The summed E-state index contributed by atoms with van der Waals surface area (Å²) in [6.07, 6.45) is 4.54. The number of H-pyrrole nitrogens is 2. The summed E-state index contributed by atoms with van der Waals surface area (Å²) in [5, 5.41) is 0.951. The summed E-state index contributed by atoms with van der Waals surface area (Å²) in [6.45, 7) is 0. The maximum atomic E-state index is 10.7. The second-order valence-corrected chi connectivity index (χ2v) is 3.36. The maximum Gasteiger partial charge on any atom is 0.345 e. The van der Waals surface area contributed by atoms with Crippen LogP contribution in [0.4, 0.5) is 0 Å². The average molecular weight is 242 g/mol. The molecule has 2 N–H and O–H groups in total. The fourth-order valence-corrected chi connectivity index (χ4v) is 1.31. The van der Waals surface area contributed by atoms with E-state index >= 15 is 0 Å². The molecular formula is C12H10N4O2. The first kappa shape index (κ1) is 11.7. The molecule has 0 fully saturated rings. The van der Waals surface area contributed by atoms with Gasteiger partial charge in [-0.05, 0) is 12.1 Å². The quantitative estimate of drug-likeness (QED) is 0.606. The molecule has 0 aliphatic carbocycles. The number of aromatic amines is 2. The van der Waals surface area contributed by atoms with Crippen molar-refractivity contribution in [1.29, 1.82) is 0 Å². The second kappa shape index (κ2) is 5.53. The van der Waals surface area contributed by atoms with Gasteiger partial charge in [0, 0.05) is 24.0 Å². The highest BCUT2D eigenvalue weighted by atomic mass is 16.1. The highest BCUT2D eigenvalue weighted by molar-refractivity contribution is 5.76. The van der Waals surface area contributed by atoms with Gasteiger partial charge in [-0.3, -0.25) is 0 Å². The molecule has 0 atom stereocenters. The van der Waals surface area contributed by atoms with Gasteiger partial charge >= 0.3 is 11.4 Å². The summed E-state index contributed by atoms with van der Waals surface area (Å²) in [5.41, 5.74) is 0.221. The van der Waals surface area contributed by atoms with E-state index in [1.807, 2.05) is 24.3 Å². The van der Waals surface area contributed by atoms with Crippen LogP contribution in [0, 0.1) is 0 Å². The van der Waals surface area contributed by atoms with E-state index in [1.165, 1.54) is 12.4 Å². The van der Waals surface area contributed by atoms with Gasteiger partial charge in [0.15, 0.2) is 0 Å². The minimum atomic E-state index is -0.303. The molecule has 0 unspecified atom stereocenters. The standard InChI is InChI=1S/C8H6N2O.C4H4N2O/c11-8-9-5-6-3-1-2-4-7(6)10-8;7-4-5-2-1-3-6-4/h1-5H,(H,9,10,11);1-3H,(H,5,6,7). The van der Waals surface area contributed by atoms with Crippen molar-refractivity contribution in [1.82, 2.24) is 19.9 Å². The fraction of sp³-hybridized carbons (Fsp3) is 0. The van der Waals surface area contributed by atoms with Gasteiger partial charge in [-0.1, -0.05) is 18.2 Å². The van der Waals surface area contributed by atoms with Crippen molar-refractivity contribution in [3.8, 4) is 0 Å². The molecule has 1 aromatic carbocycles. The average Bonchev–Trinajstić information content (AvgIpc) is 2.40. The predicted octanol–water partition coefficient (Wildman–Crippen LogP) is 0.693. The molecule has 18 heavy (non-hydrogen) atoms. The molecular weight excluding hydrogens is 232 g/mol. The van der Waals surface area contributed by atoms with E-state index in [2.05, 4.69) is 19.9 Å². The summed E-state index contributed by atoms with van der Waals surface area (Å²) in [4.78, 5) is 32.8. The van der Waals surface area contributed by atoms with Gasteiger partial charge in [0.05, 0.1) is 5.52 Å². The maximum absolute atomic E-state index is 10.7. The minimum Gasteiger partial charge on any atom is -0.313 e. The minimum absolute atomic E-state index is 0.302. The van der Waals surface area contributed by atoms with Crippen LogP contribution in [-0.2, 0) is 0 Å². The summed E-state index contributed by atoms with van der Waals surface area (Å²) < 4.78 is 0. The number of fused-ring (bicyclic) bond motifs is 1. The SMILES string of the molecule is O=c1ncc2ccccc2[nH]1.O=c1nccc[nH]1. The van der Waals surface area contributed by atoms with Crippen LogP contribution in [0.15, 0.2) is 58.5 Å². The number of benzene rings is 1. The van der Waals surface area contributed by atoms with E-state index in [1.54, 1.807) is 12.3 Å². The zero-order valence-corrected chi connectivity index (χ0v) is 9.33. The zero-order chi connectivity index (χ0) is 12.8. The lowest BCUT2D eigenvalue weighted by Crippen LogP contribution is -2.07.